The first-order chi connectivity index (χ1) is 9.18. The van der Waals surface area contributed by atoms with Gasteiger partial charge in [-0.1, -0.05) is 31.0 Å². The lowest BCUT2D eigenvalue weighted by atomic mass is 9.98. The van der Waals surface area contributed by atoms with Gasteiger partial charge in [0.1, 0.15) is 12.4 Å². The van der Waals surface area contributed by atoms with E-state index in [1.807, 2.05) is 30.3 Å². The molecule has 0 heterocycles. The Morgan fingerprint density at radius 3 is 2.63 bits per heavy atom. The van der Waals surface area contributed by atoms with Crippen LogP contribution in [0.15, 0.2) is 30.3 Å². The van der Waals surface area contributed by atoms with Crippen molar-refractivity contribution in [3.05, 3.63) is 30.3 Å². The zero-order chi connectivity index (χ0) is 13.6. The van der Waals surface area contributed by atoms with Crippen LogP contribution in [0.4, 0.5) is 0 Å². The summed E-state index contributed by atoms with van der Waals surface area (Å²) in [6, 6.07) is 10.2. The molecule has 0 spiro atoms. The minimum atomic E-state index is -0.410. The number of hydrogen-bond acceptors (Lipinski definition) is 3. The Labute approximate surface area is 116 Å². The van der Waals surface area contributed by atoms with Gasteiger partial charge in [-0.15, -0.1) is 0 Å². The van der Waals surface area contributed by atoms with Crippen LogP contribution in [0.2, 0.25) is 0 Å². The molecule has 1 aliphatic carbocycles. The Morgan fingerprint density at radius 2 is 1.95 bits per heavy atom. The van der Waals surface area contributed by atoms with Gasteiger partial charge in [-0.25, -0.2) is 0 Å². The first-order valence-corrected chi connectivity index (χ1v) is 7.32. The van der Waals surface area contributed by atoms with Crippen LogP contribution in [0.3, 0.4) is 0 Å². The zero-order valence-corrected chi connectivity index (χ0v) is 11.8. The average molecular weight is 263 g/mol. The number of ether oxygens (including phenoxy) is 1. The predicted octanol–water partition coefficient (Wildman–Crippen LogP) is 2.74. The molecule has 1 atom stereocenters. The summed E-state index contributed by atoms with van der Waals surface area (Å²) in [5, 5.41) is 13.7. The third kappa shape index (κ3) is 4.84. The fourth-order valence-electron chi connectivity index (χ4n) is 2.63. The fourth-order valence-corrected chi connectivity index (χ4v) is 2.63. The number of benzene rings is 1. The molecule has 0 saturated heterocycles. The SMILES string of the molecule is CC(COc1ccccc1)NCCC1(O)CCCC1. The Hall–Kier alpha value is -1.06. The summed E-state index contributed by atoms with van der Waals surface area (Å²) < 4.78 is 5.69. The third-order valence-corrected chi connectivity index (χ3v) is 3.86. The lowest BCUT2D eigenvalue weighted by Crippen LogP contribution is -2.36. The molecule has 2 rings (SSSR count). The number of nitrogens with one attached hydrogen (secondary N) is 1. The van der Waals surface area contributed by atoms with Crippen molar-refractivity contribution in [2.75, 3.05) is 13.2 Å². The van der Waals surface area contributed by atoms with Crippen LogP contribution in [0, 0.1) is 0 Å². The Kier molecular flexibility index (Phi) is 5.23. The molecule has 2 N–H and O–H groups in total. The Balaban J connectivity index is 1.61. The first kappa shape index (κ1) is 14.4. The minimum Gasteiger partial charge on any atom is -0.492 e. The van der Waals surface area contributed by atoms with Crippen molar-refractivity contribution in [2.24, 2.45) is 0 Å². The minimum absolute atomic E-state index is 0.296. The molecule has 0 aliphatic heterocycles. The maximum absolute atomic E-state index is 10.2. The molecule has 1 unspecified atom stereocenters. The molecule has 0 bridgehead atoms. The first-order valence-electron chi connectivity index (χ1n) is 7.32. The lowest BCUT2D eigenvalue weighted by Gasteiger charge is -2.23. The second kappa shape index (κ2) is 6.92. The Bertz CT molecular complexity index is 360. The molecule has 1 aromatic rings. The highest BCUT2D eigenvalue weighted by Crippen LogP contribution is 2.31. The van der Waals surface area contributed by atoms with Crippen molar-refractivity contribution in [1.29, 1.82) is 0 Å². The summed E-state index contributed by atoms with van der Waals surface area (Å²) in [4.78, 5) is 0. The van der Waals surface area contributed by atoms with Crippen molar-refractivity contribution < 1.29 is 9.84 Å². The van der Waals surface area contributed by atoms with E-state index in [4.69, 9.17) is 4.74 Å². The molecule has 0 aromatic heterocycles. The van der Waals surface area contributed by atoms with Crippen molar-refractivity contribution in [3.63, 3.8) is 0 Å². The monoisotopic (exact) mass is 263 g/mol. The van der Waals surface area contributed by atoms with Gasteiger partial charge in [0.2, 0.25) is 0 Å². The van der Waals surface area contributed by atoms with Gasteiger partial charge in [0.05, 0.1) is 5.60 Å². The molecule has 0 amide bonds. The molecule has 19 heavy (non-hydrogen) atoms. The topological polar surface area (TPSA) is 41.5 Å². The van der Waals surface area contributed by atoms with Gasteiger partial charge in [0, 0.05) is 6.04 Å². The highest BCUT2D eigenvalue weighted by Gasteiger charge is 2.30. The van der Waals surface area contributed by atoms with Gasteiger partial charge in [0.25, 0.3) is 0 Å². The van der Waals surface area contributed by atoms with E-state index in [-0.39, 0.29) is 0 Å². The number of para-hydroxylation sites is 1. The van der Waals surface area contributed by atoms with Crippen molar-refractivity contribution in [1.82, 2.24) is 5.32 Å². The molecule has 1 fully saturated rings. The second-order valence-electron chi connectivity index (χ2n) is 5.66. The van der Waals surface area contributed by atoms with E-state index in [9.17, 15) is 5.11 Å². The van der Waals surface area contributed by atoms with Crippen LogP contribution in [0.5, 0.6) is 5.75 Å². The van der Waals surface area contributed by atoms with E-state index >= 15 is 0 Å². The zero-order valence-electron chi connectivity index (χ0n) is 11.8. The molecule has 0 radical (unpaired) electrons. The highest BCUT2D eigenvalue weighted by atomic mass is 16.5. The molecule has 3 nitrogen and oxygen atoms in total. The average Bonchev–Trinajstić information content (AvgIpc) is 2.85. The van der Waals surface area contributed by atoms with Gasteiger partial charge < -0.3 is 15.2 Å². The summed E-state index contributed by atoms with van der Waals surface area (Å²) in [6.45, 7) is 3.62. The summed E-state index contributed by atoms with van der Waals surface area (Å²) in [7, 11) is 0. The Morgan fingerprint density at radius 1 is 1.26 bits per heavy atom. The van der Waals surface area contributed by atoms with Crippen molar-refractivity contribution >= 4 is 0 Å². The van der Waals surface area contributed by atoms with Crippen molar-refractivity contribution in [3.8, 4) is 5.75 Å². The fraction of sp³-hybridized carbons (Fsp3) is 0.625. The third-order valence-electron chi connectivity index (χ3n) is 3.86. The van der Waals surface area contributed by atoms with E-state index in [0.717, 1.165) is 31.6 Å². The molecule has 1 saturated carbocycles. The van der Waals surface area contributed by atoms with Crippen LogP contribution in [0.25, 0.3) is 0 Å². The lowest BCUT2D eigenvalue weighted by molar-refractivity contribution is 0.0381. The van der Waals surface area contributed by atoms with E-state index in [1.165, 1.54) is 12.8 Å². The molecule has 106 valence electrons. The number of hydrogen-bond donors (Lipinski definition) is 2. The van der Waals surface area contributed by atoms with Gasteiger partial charge >= 0.3 is 0 Å². The molecular formula is C16H25NO2. The standard InChI is InChI=1S/C16H25NO2/c1-14(13-19-15-7-3-2-4-8-15)17-12-11-16(18)9-5-6-10-16/h2-4,7-8,14,17-18H,5-6,9-13H2,1H3. The summed E-state index contributed by atoms with van der Waals surface area (Å²) >= 11 is 0. The van der Waals surface area contributed by atoms with Crippen LogP contribution < -0.4 is 10.1 Å². The number of aliphatic hydroxyl groups is 1. The maximum Gasteiger partial charge on any atom is 0.119 e. The van der Waals surface area contributed by atoms with E-state index in [2.05, 4.69) is 12.2 Å². The van der Waals surface area contributed by atoms with Crippen LogP contribution in [0.1, 0.15) is 39.0 Å². The molecule has 1 aromatic carbocycles. The largest absolute Gasteiger partial charge is 0.492 e. The number of rotatable bonds is 7. The normalized spacial score (nSPS) is 19.3. The van der Waals surface area contributed by atoms with Gasteiger partial charge in [-0.05, 0) is 44.9 Å². The summed E-state index contributed by atoms with van der Waals surface area (Å²) in [5.74, 6) is 0.908. The van der Waals surface area contributed by atoms with Crippen LogP contribution in [-0.2, 0) is 0 Å². The smallest absolute Gasteiger partial charge is 0.119 e. The van der Waals surface area contributed by atoms with Crippen LogP contribution in [-0.4, -0.2) is 29.9 Å². The summed E-state index contributed by atoms with van der Waals surface area (Å²) in [5.41, 5.74) is -0.410. The maximum atomic E-state index is 10.2. The van der Waals surface area contributed by atoms with Gasteiger partial charge in [0.15, 0.2) is 0 Å². The molecule has 1 aliphatic rings. The predicted molar refractivity (Wildman–Crippen MR) is 77.4 cm³/mol. The van der Waals surface area contributed by atoms with Gasteiger partial charge in [-0.2, -0.15) is 0 Å². The van der Waals surface area contributed by atoms with Crippen molar-refractivity contribution in [2.45, 2.75) is 50.7 Å². The summed E-state index contributed by atoms with van der Waals surface area (Å²) in [6.07, 6.45) is 5.11. The highest BCUT2D eigenvalue weighted by molar-refractivity contribution is 5.20. The molecule has 3 heteroatoms. The van der Waals surface area contributed by atoms with Gasteiger partial charge in [-0.3, -0.25) is 0 Å². The quantitative estimate of drug-likeness (QED) is 0.795. The van der Waals surface area contributed by atoms with Crippen LogP contribution >= 0.6 is 0 Å². The van der Waals surface area contributed by atoms with E-state index < -0.39 is 5.60 Å². The van der Waals surface area contributed by atoms with E-state index in [0.29, 0.717) is 12.6 Å². The molecular weight excluding hydrogens is 238 g/mol. The second-order valence-corrected chi connectivity index (χ2v) is 5.66. The van der Waals surface area contributed by atoms with E-state index in [1.54, 1.807) is 0 Å².